The van der Waals surface area contributed by atoms with Crippen LogP contribution in [0.3, 0.4) is 0 Å². The van der Waals surface area contributed by atoms with Crippen LogP contribution in [0.4, 0.5) is 0 Å². The number of hydrogen-bond acceptors (Lipinski definition) is 6. The fourth-order valence-electron chi connectivity index (χ4n) is 5.29. The molecule has 0 saturated carbocycles. The van der Waals surface area contributed by atoms with Crippen molar-refractivity contribution >= 4 is 5.97 Å². The Hall–Kier alpha value is -1.21. The number of methoxy groups -OCH3 is 2. The van der Waals surface area contributed by atoms with Gasteiger partial charge in [-0.1, -0.05) is 39.0 Å². The SMILES string of the molecule is COC(=O)C[C@H]1CC[C@H](C)[C@@H](/C(C)=C/C=C/C(C)C[C@@]2(C)O[C@@H]2C(C)C(OC)C(C)O)O1. The highest BCUT2D eigenvalue weighted by molar-refractivity contribution is 5.69. The molecule has 6 heteroatoms. The summed E-state index contributed by atoms with van der Waals surface area (Å²) >= 11 is 0. The van der Waals surface area contributed by atoms with E-state index in [1.165, 1.54) is 12.7 Å². The van der Waals surface area contributed by atoms with Crippen LogP contribution in [0.15, 0.2) is 23.8 Å². The molecule has 0 aromatic rings. The molecule has 4 unspecified atom stereocenters. The average molecular weight is 453 g/mol. The lowest BCUT2D eigenvalue weighted by Gasteiger charge is -2.35. The van der Waals surface area contributed by atoms with Crippen LogP contribution < -0.4 is 0 Å². The molecular formula is C26H44O6. The van der Waals surface area contributed by atoms with Gasteiger partial charge in [0.2, 0.25) is 0 Å². The molecule has 32 heavy (non-hydrogen) atoms. The summed E-state index contributed by atoms with van der Waals surface area (Å²) in [5.41, 5.74) is 0.992. The molecule has 6 nitrogen and oxygen atoms in total. The van der Waals surface area contributed by atoms with Gasteiger partial charge in [0.1, 0.15) is 0 Å². The first kappa shape index (κ1) is 27.0. The highest BCUT2D eigenvalue weighted by Gasteiger charge is 2.56. The summed E-state index contributed by atoms with van der Waals surface area (Å²) in [5.74, 6) is 0.693. The summed E-state index contributed by atoms with van der Waals surface area (Å²) in [6.07, 6.45) is 8.92. The summed E-state index contributed by atoms with van der Waals surface area (Å²) < 4.78 is 22.5. The van der Waals surface area contributed by atoms with Gasteiger partial charge in [0.05, 0.1) is 49.7 Å². The van der Waals surface area contributed by atoms with Crippen molar-refractivity contribution in [3.05, 3.63) is 23.8 Å². The van der Waals surface area contributed by atoms with Crippen molar-refractivity contribution in [1.29, 1.82) is 0 Å². The van der Waals surface area contributed by atoms with E-state index in [1.54, 1.807) is 14.0 Å². The normalized spacial score (nSPS) is 34.7. The second kappa shape index (κ2) is 11.8. The second-order valence-corrected chi connectivity index (χ2v) is 10.1. The number of rotatable bonds is 11. The van der Waals surface area contributed by atoms with E-state index >= 15 is 0 Å². The van der Waals surface area contributed by atoms with Crippen molar-refractivity contribution in [2.45, 2.75) is 103 Å². The van der Waals surface area contributed by atoms with E-state index in [1.807, 2.05) is 0 Å². The fourth-order valence-corrected chi connectivity index (χ4v) is 5.29. The molecule has 0 amide bonds. The van der Waals surface area contributed by atoms with Gasteiger partial charge in [-0.15, -0.1) is 0 Å². The Morgan fingerprint density at radius 2 is 1.94 bits per heavy atom. The third-order valence-corrected chi connectivity index (χ3v) is 7.08. The molecule has 2 rings (SSSR count). The molecule has 2 aliphatic rings. The van der Waals surface area contributed by atoms with Gasteiger partial charge in [0.25, 0.3) is 0 Å². The molecule has 0 aliphatic carbocycles. The molecule has 1 N–H and O–H groups in total. The lowest BCUT2D eigenvalue weighted by molar-refractivity contribution is -0.147. The Balaban J connectivity index is 1.89. The molecule has 2 fully saturated rings. The Morgan fingerprint density at radius 3 is 2.53 bits per heavy atom. The Labute approximate surface area is 194 Å². The lowest BCUT2D eigenvalue weighted by atomic mass is 9.85. The van der Waals surface area contributed by atoms with Crippen LogP contribution in [0.25, 0.3) is 0 Å². The van der Waals surface area contributed by atoms with E-state index in [0.717, 1.165) is 19.3 Å². The summed E-state index contributed by atoms with van der Waals surface area (Å²) in [7, 11) is 3.06. The number of aliphatic hydroxyl groups excluding tert-OH is 1. The van der Waals surface area contributed by atoms with Gasteiger partial charge in [0, 0.05) is 13.0 Å². The maximum absolute atomic E-state index is 11.6. The van der Waals surface area contributed by atoms with Crippen LogP contribution in [0.1, 0.15) is 67.2 Å². The Kier molecular flexibility index (Phi) is 9.95. The topological polar surface area (TPSA) is 77.5 Å². The quantitative estimate of drug-likeness (QED) is 0.283. The van der Waals surface area contributed by atoms with Crippen LogP contribution in [0.2, 0.25) is 0 Å². The van der Waals surface area contributed by atoms with Crippen LogP contribution in [-0.4, -0.2) is 61.4 Å². The Morgan fingerprint density at radius 1 is 1.25 bits per heavy atom. The van der Waals surface area contributed by atoms with E-state index in [0.29, 0.717) is 18.3 Å². The first-order valence-corrected chi connectivity index (χ1v) is 12.0. The van der Waals surface area contributed by atoms with Crippen molar-refractivity contribution in [3.8, 4) is 0 Å². The molecule has 2 heterocycles. The largest absolute Gasteiger partial charge is 0.469 e. The molecule has 0 spiro atoms. The minimum Gasteiger partial charge on any atom is -0.469 e. The first-order chi connectivity index (χ1) is 15.0. The minimum absolute atomic E-state index is 0.0272. The van der Waals surface area contributed by atoms with Gasteiger partial charge in [-0.3, -0.25) is 4.79 Å². The van der Waals surface area contributed by atoms with Crippen LogP contribution in [-0.2, 0) is 23.7 Å². The maximum Gasteiger partial charge on any atom is 0.308 e. The van der Waals surface area contributed by atoms with Crippen molar-refractivity contribution in [3.63, 3.8) is 0 Å². The van der Waals surface area contributed by atoms with E-state index in [-0.39, 0.29) is 41.9 Å². The fraction of sp³-hybridized carbons (Fsp3) is 0.808. The second-order valence-electron chi connectivity index (χ2n) is 10.1. The zero-order valence-corrected chi connectivity index (χ0v) is 21.2. The molecule has 0 radical (unpaired) electrons. The van der Waals surface area contributed by atoms with Crippen molar-refractivity contribution in [2.24, 2.45) is 17.8 Å². The molecule has 2 aliphatic heterocycles. The standard InChI is InChI=1S/C26H44O6/c1-16(15-26(6)25(32-26)19(4)24(30-8)20(5)27)10-9-11-17(2)23-18(3)12-13-21(31-23)14-22(28)29-7/h9-11,16,18-21,23-25,27H,12-15H2,1-8H3/b10-9+,17-11+/t16?,18-,19?,20?,21+,23+,24?,25+,26+/m0/s1. The number of allylic oxidation sites excluding steroid dienone is 3. The monoisotopic (exact) mass is 452 g/mol. The molecule has 9 atom stereocenters. The predicted octanol–water partition coefficient (Wildman–Crippen LogP) is 4.45. The van der Waals surface area contributed by atoms with E-state index in [9.17, 15) is 9.90 Å². The minimum atomic E-state index is -0.523. The number of ether oxygens (including phenoxy) is 4. The van der Waals surface area contributed by atoms with Crippen molar-refractivity contribution in [1.82, 2.24) is 0 Å². The smallest absolute Gasteiger partial charge is 0.308 e. The molecule has 0 aromatic carbocycles. The zero-order chi connectivity index (χ0) is 24.1. The van der Waals surface area contributed by atoms with Gasteiger partial charge in [-0.2, -0.15) is 0 Å². The third kappa shape index (κ3) is 7.14. The zero-order valence-electron chi connectivity index (χ0n) is 21.2. The van der Waals surface area contributed by atoms with Crippen LogP contribution in [0.5, 0.6) is 0 Å². The number of carbonyl (C=O) groups is 1. The third-order valence-electron chi connectivity index (χ3n) is 7.08. The van der Waals surface area contributed by atoms with Crippen molar-refractivity contribution in [2.75, 3.05) is 14.2 Å². The van der Waals surface area contributed by atoms with E-state index < -0.39 is 6.10 Å². The van der Waals surface area contributed by atoms with E-state index in [4.69, 9.17) is 18.9 Å². The van der Waals surface area contributed by atoms with Crippen LogP contribution >= 0.6 is 0 Å². The number of aliphatic hydroxyl groups is 1. The molecule has 0 bridgehead atoms. The summed E-state index contributed by atoms with van der Waals surface area (Å²) in [6.45, 7) is 12.5. The molecular weight excluding hydrogens is 408 g/mol. The molecule has 0 aromatic heterocycles. The first-order valence-electron chi connectivity index (χ1n) is 12.0. The van der Waals surface area contributed by atoms with Gasteiger partial charge in [-0.25, -0.2) is 0 Å². The summed E-state index contributed by atoms with van der Waals surface area (Å²) in [5, 5.41) is 9.95. The van der Waals surface area contributed by atoms with Crippen molar-refractivity contribution < 1.29 is 28.8 Å². The summed E-state index contributed by atoms with van der Waals surface area (Å²) in [4.78, 5) is 11.6. The van der Waals surface area contributed by atoms with Gasteiger partial charge >= 0.3 is 5.97 Å². The van der Waals surface area contributed by atoms with Crippen LogP contribution in [0, 0.1) is 17.8 Å². The van der Waals surface area contributed by atoms with E-state index in [2.05, 4.69) is 52.8 Å². The molecule has 2 saturated heterocycles. The number of epoxide rings is 1. The predicted molar refractivity (Wildman–Crippen MR) is 125 cm³/mol. The lowest BCUT2D eigenvalue weighted by Crippen LogP contribution is -2.36. The highest BCUT2D eigenvalue weighted by atomic mass is 16.6. The highest BCUT2D eigenvalue weighted by Crippen LogP contribution is 2.47. The number of esters is 1. The maximum atomic E-state index is 11.6. The Bertz CT molecular complexity index is 671. The van der Waals surface area contributed by atoms with Gasteiger partial charge in [0.15, 0.2) is 0 Å². The number of carbonyl (C=O) groups excluding carboxylic acids is 1. The molecule has 184 valence electrons. The number of hydrogen-bond donors (Lipinski definition) is 1. The van der Waals surface area contributed by atoms with Gasteiger partial charge < -0.3 is 24.1 Å². The summed E-state index contributed by atoms with van der Waals surface area (Å²) in [6, 6.07) is 0. The average Bonchev–Trinajstić information content (AvgIpc) is 3.39. The van der Waals surface area contributed by atoms with Gasteiger partial charge in [-0.05, 0) is 57.4 Å².